The fraction of sp³-hybridized carbons (Fsp3) is 0.364. The first-order chi connectivity index (χ1) is 7.20. The zero-order valence-electron chi connectivity index (χ0n) is 8.84. The molecule has 1 aromatic heterocycles. The van der Waals surface area contributed by atoms with Crippen LogP contribution in [0.1, 0.15) is 13.8 Å². The van der Waals surface area contributed by atoms with Crippen LogP contribution in [0.5, 0.6) is 0 Å². The third-order valence-corrected chi connectivity index (χ3v) is 2.12. The van der Waals surface area contributed by atoms with Gasteiger partial charge in [-0.15, -0.1) is 0 Å². The summed E-state index contributed by atoms with van der Waals surface area (Å²) in [5.41, 5.74) is 0.777. The van der Waals surface area contributed by atoms with Crippen LogP contribution < -0.4 is 4.90 Å². The number of rotatable bonds is 3. The van der Waals surface area contributed by atoms with Gasteiger partial charge in [-0.1, -0.05) is 0 Å². The van der Waals surface area contributed by atoms with Gasteiger partial charge in [0.15, 0.2) is 0 Å². The highest BCUT2D eigenvalue weighted by Crippen LogP contribution is 2.14. The maximum absolute atomic E-state index is 11.8. The van der Waals surface area contributed by atoms with E-state index in [-0.39, 0.29) is 5.91 Å². The fourth-order valence-electron chi connectivity index (χ4n) is 1.28. The van der Waals surface area contributed by atoms with Crippen molar-refractivity contribution in [1.29, 1.82) is 5.26 Å². The van der Waals surface area contributed by atoms with E-state index in [9.17, 15) is 4.79 Å². The van der Waals surface area contributed by atoms with Crippen molar-refractivity contribution < 1.29 is 4.79 Å². The van der Waals surface area contributed by atoms with Gasteiger partial charge in [-0.2, -0.15) is 5.26 Å². The summed E-state index contributed by atoms with van der Waals surface area (Å²) in [6.07, 6.45) is 3.25. The van der Waals surface area contributed by atoms with Crippen molar-refractivity contribution in [2.45, 2.75) is 13.8 Å². The number of aromatic nitrogens is 1. The molecular weight excluding hydrogens is 190 g/mol. The first-order valence-electron chi connectivity index (χ1n) is 4.81. The summed E-state index contributed by atoms with van der Waals surface area (Å²) in [5.74, 6) is -0.788. The number of anilines is 1. The number of pyridine rings is 1. The molecule has 0 bridgehead atoms. The molecule has 0 aliphatic carbocycles. The van der Waals surface area contributed by atoms with Gasteiger partial charge in [0.2, 0.25) is 5.91 Å². The molecule has 1 aromatic rings. The van der Waals surface area contributed by atoms with Crippen LogP contribution in [-0.4, -0.2) is 17.4 Å². The Morgan fingerprint density at radius 2 is 2.20 bits per heavy atom. The Balaban J connectivity index is 2.91. The van der Waals surface area contributed by atoms with E-state index >= 15 is 0 Å². The van der Waals surface area contributed by atoms with Crippen LogP contribution in [0.15, 0.2) is 24.5 Å². The number of hydrogen-bond donors (Lipinski definition) is 0. The SMILES string of the molecule is CCN(C(=O)C(C)C#N)c1ccncc1. The molecule has 4 nitrogen and oxygen atoms in total. The standard InChI is InChI=1S/C11H13N3O/c1-3-14(11(15)9(2)8-12)10-4-6-13-7-5-10/h4-7,9H,3H2,1-2H3. The van der Waals surface area contributed by atoms with Crippen molar-refractivity contribution in [3.63, 3.8) is 0 Å². The third-order valence-electron chi connectivity index (χ3n) is 2.12. The number of amides is 1. The summed E-state index contributed by atoms with van der Waals surface area (Å²) >= 11 is 0. The molecular formula is C11H13N3O. The maximum atomic E-state index is 11.8. The predicted molar refractivity (Wildman–Crippen MR) is 57.0 cm³/mol. The van der Waals surface area contributed by atoms with E-state index in [2.05, 4.69) is 4.98 Å². The maximum Gasteiger partial charge on any atom is 0.244 e. The molecule has 0 aliphatic heterocycles. The molecule has 0 aromatic carbocycles. The van der Waals surface area contributed by atoms with Gasteiger partial charge in [0.25, 0.3) is 0 Å². The van der Waals surface area contributed by atoms with Crippen molar-refractivity contribution >= 4 is 11.6 Å². The number of nitrogens with zero attached hydrogens (tertiary/aromatic N) is 3. The summed E-state index contributed by atoms with van der Waals surface area (Å²) in [6, 6.07) is 5.45. The molecule has 1 rings (SSSR count). The molecule has 0 N–H and O–H groups in total. The molecule has 0 radical (unpaired) electrons. The van der Waals surface area contributed by atoms with Crippen LogP contribution in [0.2, 0.25) is 0 Å². The van der Waals surface area contributed by atoms with Crippen LogP contribution in [0, 0.1) is 17.2 Å². The Kier molecular flexibility index (Phi) is 3.81. The quantitative estimate of drug-likeness (QED) is 0.749. The molecule has 4 heteroatoms. The second-order valence-corrected chi connectivity index (χ2v) is 3.14. The van der Waals surface area contributed by atoms with Crippen molar-refractivity contribution in [2.24, 2.45) is 5.92 Å². The van der Waals surface area contributed by atoms with E-state index in [1.165, 1.54) is 0 Å². The van der Waals surface area contributed by atoms with E-state index in [0.717, 1.165) is 5.69 Å². The molecule has 78 valence electrons. The van der Waals surface area contributed by atoms with Crippen molar-refractivity contribution in [3.8, 4) is 6.07 Å². The van der Waals surface area contributed by atoms with Crippen LogP contribution in [0.3, 0.4) is 0 Å². The highest BCUT2D eigenvalue weighted by Gasteiger charge is 2.19. The molecule has 1 heterocycles. The average Bonchev–Trinajstić information content (AvgIpc) is 2.30. The third kappa shape index (κ3) is 2.53. The molecule has 0 saturated carbocycles. The van der Waals surface area contributed by atoms with Crippen molar-refractivity contribution in [1.82, 2.24) is 4.98 Å². The first kappa shape index (κ1) is 11.2. The Morgan fingerprint density at radius 1 is 1.60 bits per heavy atom. The average molecular weight is 203 g/mol. The van der Waals surface area contributed by atoms with Gasteiger partial charge < -0.3 is 4.90 Å². The smallest absolute Gasteiger partial charge is 0.244 e. The van der Waals surface area contributed by atoms with Gasteiger partial charge in [0, 0.05) is 24.6 Å². The molecule has 15 heavy (non-hydrogen) atoms. The second kappa shape index (κ2) is 5.11. The van der Waals surface area contributed by atoms with Gasteiger partial charge in [0.05, 0.1) is 6.07 Å². The van der Waals surface area contributed by atoms with Gasteiger partial charge >= 0.3 is 0 Å². The largest absolute Gasteiger partial charge is 0.311 e. The lowest BCUT2D eigenvalue weighted by molar-refractivity contribution is -0.120. The summed E-state index contributed by atoms with van der Waals surface area (Å²) < 4.78 is 0. The van der Waals surface area contributed by atoms with E-state index in [0.29, 0.717) is 6.54 Å². The monoisotopic (exact) mass is 203 g/mol. The molecule has 1 amide bonds. The van der Waals surface area contributed by atoms with Gasteiger partial charge in [0.1, 0.15) is 5.92 Å². The van der Waals surface area contributed by atoms with E-state index in [1.54, 1.807) is 36.4 Å². The zero-order valence-corrected chi connectivity index (χ0v) is 8.84. The number of nitriles is 1. The van der Waals surface area contributed by atoms with E-state index in [4.69, 9.17) is 5.26 Å². The summed E-state index contributed by atoms with van der Waals surface area (Å²) in [6.45, 7) is 4.03. The molecule has 1 unspecified atom stereocenters. The lowest BCUT2D eigenvalue weighted by Crippen LogP contribution is -2.34. The fourth-order valence-corrected chi connectivity index (χ4v) is 1.28. The highest BCUT2D eigenvalue weighted by molar-refractivity contribution is 5.96. The normalized spacial score (nSPS) is 11.5. The minimum absolute atomic E-state index is 0.175. The Morgan fingerprint density at radius 3 is 2.67 bits per heavy atom. The summed E-state index contributed by atoms with van der Waals surface area (Å²) in [4.78, 5) is 17.3. The minimum atomic E-state index is -0.613. The lowest BCUT2D eigenvalue weighted by atomic mass is 10.1. The van der Waals surface area contributed by atoms with E-state index < -0.39 is 5.92 Å². The molecule has 0 spiro atoms. The molecule has 1 atom stereocenters. The second-order valence-electron chi connectivity index (χ2n) is 3.14. The number of carbonyl (C=O) groups excluding carboxylic acids is 1. The molecule has 0 aliphatic rings. The molecule has 0 fully saturated rings. The number of carbonyl (C=O) groups is 1. The Hall–Kier alpha value is -1.89. The first-order valence-corrected chi connectivity index (χ1v) is 4.81. The van der Waals surface area contributed by atoms with Crippen LogP contribution in [0.4, 0.5) is 5.69 Å². The van der Waals surface area contributed by atoms with Crippen LogP contribution >= 0.6 is 0 Å². The van der Waals surface area contributed by atoms with Crippen LogP contribution in [-0.2, 0) is 4.79 Å². The van der Waals surface area contributed by atoms with Gasteiger partial charge in [-0.05, 0) is 26.0 Å². The minimum Gasteiger partial charge on any atom is -0.311 e. The Labute approximate surface area is 89.2 Å². The Bertz CT molecular complexity index is 369. The lowest BCUT2D eigenvalue weighted by Gasteiger charge is -2.21. The van der Waals surface area contributed by atoms with Gasteiger partial charge in [-0.3, -0.25) is 9.78 Å². The van der Waals surface area contributed by atoms with Crippen molar-refractivity contribution in [2.75, 3.05) is 11.4 Å². The van der Waals surface area contributed by atoms with Crippen molar-refractivity contribution in [3.05, 3.63) is 24.5 Å². The number of hydrogen-bond acceptors (Lipinski definition) is 3. The van der Waals surface area contributed by atoms with E-state index in [1.807, 2.05) is 13.0 Å². The summed E-state index contributed by atoms with van der Waals surface area (Å²) in [7, 11) is 0. The predicted octanol–water partition coefficient (Wildman–Crippen LogP) is 1.59. The molecule has 0 saturated heterocycles. The topological polar surface area (TPSA) is 57.0 Å². The van der Waals surface area contributed by atoms with Crippen LogP contribution in [0.25, 0.3) is 0 Å². The van der Waals surface area contributed by atoms with Gasteiger partial charge in [-0.25, -0.2) is 0 Å². The zero-order chi connectivity index (χ0) is 11.3. The summed E-state index contributed by atoms with van der Waals surface area (Å²) in [5, 5.41) is 8.69. The highest BCUT2D eigenvalue weighted by atomic mass is 16.2.